The van der Waals surface area contributed by atoms with Gasteiger partial charge in [0.25, 0.3) is 0 Å². The summed E-state index contributed by atoms with van der Waals surface area (Å²) in [5.41, 5.74) is 1.74. The molecule has 0 fully saturated rings. The van der Waals surface area contributed by atoms with Crippen molar-refractivity contribution in [2.45, 2.75) is 13.0 Å². The maximum atomic E-state index is 5.94. The second kappa shape index (κ2) is 5.74. The number of aromatic nitrogens is 2. The van der Waals surface area contributed by atoms with Gasteiger partial charge in [0.05, 0.1) is 5.69 Å². The Morgan fingerprint density at radius 1 is 1.06 bits per heavy atom. The number of nitrogens with zero attached hydrogens (tertiary/aromatic N) is 2. The topological polar surface area (TPSA) is 37.8 Å². The van der Waals surface area contributed by atoms with Crippen molar-refractivity contribution in [2.24, 2.45) is 0 Å². The molecule has 3 nitrogen and oxygen atoms in total. The monoisotopic (exact) mass is 301 g/mol. The van der Waals surface area contributed by atoms with Gasteiger partial charge in [-0.2, -0.15) is 0 Å². The van der Waals surface area contributed by atoms with Crippen molar-refractivity contribution in [3.8, 4) is 0 Å². The van der Waals surface area contributed by atoms with Crippen molar-refractivity contribution >= 4 is 40.5 Å². The summed E-state index contributed by atoms with van der Waals surface area (Å²) in [6, 6.07) is 9.28. The van der Waals surface area contributed by atoms with E-state index in [1.807, 2.05) is 31.2 Å². The Hall–Kier alpha value is -1.03. The zero-order valence-corrected chi connectivity index (χ0v) is 11.8. The van der Waals surface area contributed by atoms with E-state index in [1.54, 1.807) is 6.07 Å². The van der Waals surface area contributed by atoms with Crippen molar-refractivity contribution in [1.29, 1.82) is 0 Å². The van der Waals surface area contributed by atoms with Gasteiger partial charge in [-0.15, -0.1) is 10.2 Å². The predicted octanol–water partition coefficient (Wildman–Crippen LogP) is 4.61. The second-order valence-corrected chi connectivity index (χ2v) is 4.97. The third kappa shape index (κ3) is 3.25. The van der Waals surface area contributed by atoms with Crippen LogP contribution in [0.1, 0.15) is 18.5 Å². The summed E-state index contributed by atoms with van der Waals surface area (Å²) in [7, 11) is 0. The van der Waals surface area contributed by atoms with Gasteiger partial charge in [0.1, 0.15) is 0 Å². The van der Waals surface area contributed by atoms with Crippen LogP contribution in [0, 0.1) is 0 Å². The van der Waals surface area contributed by atoms with Gasteiger partial charge < -0.3 is 5.32 Å². The van der Waals surface area contributed by atoms with Crippen molar-refractivity contribution in [3.63, 3.8) is 0 Å². The average Bonchev–Trinajstić information content (AvgIpc) is 2.34. The third-order valence-corrected chi connectivity index (χ3v) is 3.18. The number of nitrogens with one attached hydrogen (secondary N) is 1. The molecule has 1 heterocycles. The molecular formula is C12H10Cl3N3. The fourth-order valence-corrected chi connectivity index (χ4v) is 1.94. The van der Waals surface area contributed by atoms with E-state index in [2.05, 4.69) is 15.5 Å². The lowest BCUT2D eigenvalue weighted by molar-refractivity contribution is 0.878. The molecule has 1 aromatic heterocycles. The van der Waals surface area contributed by atoms with Crippen LogP contribution in [0.2, 0.25) is 15.3 Å². The van der Waals surface area contributed by atoms with Crippen molar-refractivity contribution in [1.82, 2.24) is 10.2 Å². The smallest absolute Gasteiger partial charge is 0.174 e. The molecule has 1 aromatic carbocycles. The summed E-state index contributed by atoms with van der Waals surface area (Å²) in [6.45, 7) is 2.01. The Balaban J connectivity index is 2.18. The van der Waals surface area contributed by atoms with Crippen LogP contribution in [0.4, 0.5) is 5.69 Å². The van der Waals surface area contributed by atoms with Crippen LogP contribution in [0.15, 0.2) is 30.3 Å². The summed E-state index contributed by atoms with van der Waals surface area (Å²) in [6.07, 6.45) is 0. The number of hydrogen-bond donors (Lipinski definition) is 1. The highest BCUT2D eigenvalue weighted by Crippen LogP contribution is 2.26. The first-order valence-electron chi connectivity index (χ1n) is 5.27. The molecule has 1 atom stereocenters. The Bertz CT molecular complexity index is 543. The minimum atomic E-state index is 0.0556. The molecule has 2 rings (SSSR count). The molecule has 0 aliphatic rings. The summed E-state index contributed by atoms with van der Waals surface area (Å²) >= 11 is 17.6. The standard InChI is InChI=1S/C12H10Cl3N3/c1-7(8-2-4-9(13)5-3-8)16-10-6-11(14)17-18-12(10)15/h2-7H,1H3,(H,16,17). The highest BCUT2D eigenvalue weighted by Gasteiger charge is 2.09. The largest absolute Gasteiger partial charge is 0.376 e. The lowest BCUT2D eigenvalue weighted by atomic mass is 10.1. The molecule has 0 radical (unpaired) electrons. The lowest BCUT2D eigenvalue weighted by Gasteiger charge is -2.16. The molecule has 0 aliphatic carbocycles. The Morgan fingerprint density at radius 2 is 1.72 bits per heavy atom. The fourth-order valence-electron chi connectivity index (χ4n) is 1.52. The Morgan fingerprint density at radius 3 is 2.39 bits per heavy atom. The molecule has 0 saturated carbocycles. The first-order chi connectivity index (χ1) is 8.56. The minimum absolute atomic E-state index is 0.0556. The number of benzene rings is 1. The molecule has 0 bridgehead atoms. The number of anilines is 1. The highest BCUT2D eigenvalue weighted by molar-refractivity contribution is 6.33. The second-order valence-electron chi connectivity index (χ2n) is 3.79. The number of rotatable bonds is 3. The molecule has 2 aromatic rings. The molecule has 0 spiro atoms. The summed E-state index contributed by atoms with van der Waals surface area (Å²) < 4.78 is 0. The van der Waals surface area contributed by atoms with Gasteiger partial charge in [-0.25, -0.2) is 0 Å². The quantitative estimate of drug-likeness (QED) is 0.899. The zero-order valence-electron chi connectivity index (χ0n) is 9.49. The summed E-state index contributed by atoms with van der Waals surface area (Å²) in [5.74, 6) is 0. The van der Waals surface area contributed by atoms with Gasteiger partial charge in [0.15, 0.2) is 10.3 Å². The maximum absolute atomic E-state index is 5.94. The highest BCUT2D eigenvalue weighted by atomic mass is 35.5. The zero-order chi connectivity index (χ0) is 13.1. The van der Waals surface area contributed by atoms with Crippen LogP contribution in [-0.2, 0) is 0 Å². The molecule has 0 aliphatic heterocycles. The fraction of sp³-hybridized carbons (Fsp3) is 0.167. The molecule has 1 N–H and O–H groups in total. The van der Waals surface area contributed by atoms with Gasteiger partial charge in [0.2, 0.25) is 0 Å². The van der Waals surface area contributed by atoms with Gasteiger partial charge >= 0.3 is 0 Å². The number of hydrogen-bond acceptors (Lipinski definition) is 3. The first-order valence-corrected chi connectivity index (χ1v) is 6.40. The molecule has 18 heavy (non-hydrogen) atoms. The van der Waals surface area contributed by atoms with E-state index in [0.29, 0.717) is 21.0 Å². The van der Waals surface area contributed by atoms with Gasteiger partial charge in [-0.1, -0.05) is 46.9 Å². The van der Waals surface area contributed by atoms with E-state index in [-0.39, 0.29) is 6.04 Å². The number of halogens is 3. The molecule has 94 valence electrons. The lowest BCUT2D eigenvalue weighted by Crippen LogP contribution is -2.07. The normalized spacial score (nSPS) is 12.2. The van der Waals surface area contributed by atoms with Crippen LogP contribution in [0.5, 0.6) is 0 Å². The van der Waals surface area contributed by atoms with Crippen LogP contribution in [0.25, 0.3) is 0 Å². The SMILES string of the molecule is CC(Nc1cc(Cl)nnc1Cl)c1ccc(Cl)cc1. The summed E-state index contributed by atoms with van der Waals surface area (Å²) in [4.78, 5) is 0. The van der Waals surface area contributed by atoms with E-state index in [4.69, 9.17) is 34.8 Å². The van der Waals surface area contributed by atoms with Gasteiger partial charge in [0, 0.05) is 17.1 Å². The van der Waals surface area contributed by atoms with E-state index in [0.717, 1.165) is 5.56 Å². The predicted molar refractivity (Wildman–Crippen MR) is 75.5 cm³/mol. The molecule has 1 unspecified atom stereocenters. The Labute approximate surface area is 120 Å². The average molecular weight is 303 g/mol. The summed E-state index contributed by atoms with van der Waals surface area (Å²) in [5, 5.41) is 11.9. The van der Waals surface area contributed by atoms with Gasteiger partial charge in [-0.3, -0.25) is 0 Å². The van der Waals surface area contributed by atoms with E-state index >= 15 is 0 Å². The van der Waals surface area contributed by atoms with Crippen molar-refractivity contribution < 1.29 is 0 Å². The molecule has 6 heteroatoms. The van der Waals surface area contributed by atoms with E-state index in [9.17, 15) is 0 Å². The minimum Gasteiger partial charge on any atom is -0.376 e. The van der Waals surface area contributed by atoms with Crippen molar-refractivity contribution in [2.75, 3.05) is 5.32 Å². The molecule has 0 amide bonds. The maximum Gasteiger partial charge on any atom is 0.174 e. The third-order valence-electron chi connectivity index (χ3n) is 2.46. The first kappa shape index (κ1) is 13.4. The Kier molecular flexibility index (Phi) is 4.27. The molecular weight excluding hydrogens is 293 g/mol. The van der Waals surface area contributed by atoms with Crippen LogP contribution in [-0.4, -0.2) is 10.2 Å². The van der Waals surface area contributed by atoms with Crippen LogP contribution in [0.3, 0.4) is 0 Å². The van der Waals surface area contributed by atoms with E-state index < -0.39 is 0 Å². The van der Waals surface area contributed by atoms with Crippen LogP contribution < -0.4 is 5.32 Å². The van der Waals surface area contributed by atoms with Crippen LogP contribution >= 0.6 is 34.8 Å². The molecule has 0 saturated heterocycles. The van der Waals surface area contributed by atoms with Gasteiger partial charge in [-0.05, 0) is 24.6 Å². The van der Waals surface area contributed by atoms with E-state index in [1.165, 1.54) is 0 Å². The van der Waals surface area contributed by atoms with Crippen molar-refractivity contribution in [3.05, 3.63) is 51.2 Å².